The number of nitrogens with zero attached hydrogens (tertiary/aromatic N) is 1. The quantitative estimate of drug-likeness (QED) is 0.706. The molecule has 0 bridgehead atoms. The van der Waals surface area contributed by atoms with Crippen LogP contribution in [-0.2, 0) is 6.18 Å². The Morgan fingerprint density at radius 1 is 0.950 bits per heavy atom. The van der Waals surface area contributed by atoms with Crippen molar-refractivity contribution in [3.8, 4) is 17.2 Å². The van der Waals surface area contributed by atoms with E-state index in [2.05, 4.69) is 0 Å². The number of alkyl halides is 3. The zero-order chi connectivity index (χ0) is 14.9. The number of rotatable bonds is 1. The molecule has 20 heavy (non-hydrogen) atoms. The van der Waals surface area contributed by atoms with E-state index in [1.165, 1.54) is 18.2 Å². The number of hydrogen-bond donors (Lipinski definition) is 0. The van der Waals surface area contributed by atoms with Crippen LogP contribution in [0.4, 0.5) is 22.0 Å². The summed E-state index contributed by atoms with van der Waals surface area (Å²) in [4.78, 5) is 0. The second-order valence-corrected chi connectivity index (χ2v) is 3.97. The highest BCUT2D eigenvalue weighted by Gasteiger charge is 2.33. The van der Waals surface area contributed by atoms with E-state index < -0.39 is 28.9 Å². The van der Waals surface area contributed by atoms with Crippen LogP contribution < -0.4 is 0 Å². The summed E-state index contributed by atoms with van der Waals surface area (Å²) in [6, 6.07) is 7.20. The molecule has 2 aromatic rings. The van der Waals surface area contributed by atoms with Crippen molar-refractivity contribution in [1.29, 1.82) is 5.26 Å². The lowest BCUT2D eigenvalue weighted by molar-refractivity contribution is -0.137. The molecule has 0 atom stereocenters. The molecule has 0 aliphatic rings. The summed E-state index contributed by atoms with van der Waals surface area (Å²) in [7, 11) is 0. The first-order chi connectivity index (χ1) is 9.34. The molecule has 0 amide bonds. The zero-order valence-electron chi connectivity index (χ0n) is 9.80. The maximum atomic E-state index is 13.5. The van der Waals surface area contributed by atoms with Gasteiger partial charge in [0.1, 0.15) is 23.3 Å². The first kappa shape index (κ1) is 14.0. The van der Waals surface area contributed by atoms with Gasteiger partial charge in [0.25, 0.3) is 0 Å². The summed E-state index contributed by atoms with van der Waals surface area (Å²) in [5.41, 5.74) is -2.43. The summed E-state index contributed by atoms with van der Waals surface area (Å²) in [5, 5.41) is 8.53. The molecule has 0 aromatic heterocycles. The van der Waals surface area contributed by atoms with Crippen LogP contribution >= 0.6 is 0 Å². The second-order valence-electron chi connectivity index (χ2n) is 3.97. The van der Waals surface area contributed by atoms with Crippen LogP contribution in [0.15, 0.2) is 36.4 Å². The molecular weight excluding hydrogens is 277 g/mol. The molecule has 2 aromatic carbocycles. The van der Waals surface area contributed by atoms with Crippen LogP contribution in [0.5, 0.6) is 0 Å². The van der Waals surface area contributed by atoms with E-state index in [1.54, 1.807) is 0 Å². The van der Waals surface area contributed by atoms with Crippen LogP contribution in [0.1, 0.15) is 11.1 Å². The topological polar surface area (TPSA) is 23.8 Å². The van der Waals surface area contributed by atoms with Crippen molar-refractivity contribution in [3.63, 3.8) is 0 Å². The smallest absolute Gasteiger partial charge is 0.205 e. The highest BCUT2D eigenvalue weighted by atomic mass is 19.4. The van der Waals surface area contributed by atoms with E-state index in [9.17, 15) is 22.0 Å². The largest absolute Gasteiger partial charge is 0.417 e. The van der Waals surface area contributed by atoms with Crippen molar-refractivity contribution in [2.24, 2.45) is 0 Å². The highest BCUT2D eigenvalue weighted by Crippen LogP contribution is 2.37. The molecule has 0 fully saturated rings. The molecule has 1 nitrogen and oxygen atoms in total. The second kappa shape index (κ2) is 4.93. The molecule has 0 spiro atoms. The lowest BCUT2D eigenvalue weighted by atomic mass is 9.98. The minimum atomic E-state index is -4.64. The van der Waals surface area contributed by atoms with E-state index in [0.717, 1.165) is 12.1 Å². The van der Waals surface area contributed by atoms with E-state index in [0.29, 0.717) is 12.1 Å². The van der Waals surface area contributed by atoms with Gasteiger partial charge in [-0.25, -0.2) is 8.78 Å². The summed E-state index contributed by atoms with van der Waals surface area (Å²) in [5.74, 6) is -2.39. The van der Waals surface area contributed by atoms with Gasteiger partial charge in [0.2, 0.25) is 0 Å². The van der Waals surface area contributed by atoms with Gasteiger partial charge < -0.3 is 0 Å². The van der Waals surface area contributed by atoms with Crippen molar-refractivity contribution >= 4 is 0 Å². The van der Waals surface area contributed by atoms with Gasteiger partial charge in [0, 0.05) is 0 Å². The van der Waals surface area contributed by atoms with E-state index in [1.807, 2.05) is 0 Å². The molecule has 102 valence electrons. The number of halogens is 5. The Hall–Kier alpha value is -2.42. The van der Waals surface area contributed by atoms with Gasteiger partial charge in [0.15, 0.2) is 0 Å². The van der Waals surface area contributed by atoms with Gasteiger partial charge in [-0.2, -0.15) is 18.4 Å². The minimum Gasteiger partial charge on any atom is -0.205 e. The summed E-state index contributed by atoms with van der Waals surface area (Å²) < 4.78 is 65.5. The van der Waals surface area contributed by atoms with Crippen LogP contribution in [0, 0.1) is 23.0 Å². The Morgan fingerprint density at radius 3 is 2.00 bits per heavy atom. The van der Waals surface area contributed by atoms with E-state index >= 15 is 0 Å². The molecule has 0 saturated carbocycles. The maximum absolute atomic E-state index is 13.5. The zero-order valence-corrected chi connectivity index (χ0v) is 9.80. The Morgan fingerprint density at radius 2 is 1.50 bits per heavy atom. The van der Waals surface area contributed by atoms with Crippen molar-refractivity contribution in [1.82, 2.24) is 0 Å². The lowest BCUT2D eigenvalue weighted by Gasteiger charge is -2.13. The van der Waals surface area contributed by atoms with Crippen molar-refractivity contribution in [2.45, 2.75) is 6.18 Å². The van der Waals surface area contributed by atoms with Crippen molar-refractivity contribution in [2.75, 3.05) is 0 Å². The third-order valence-corrected chi connectivity index (χ3v) is 2.70. The first-order valence-electron chi connectivity index (χ1n) is 5.40. The lowest BCUT2D eigenvalue weighted by Crippen LogP contribution is -2.07. The third kappa shape index (κ3) is 2.48. The Labute approximate surface area is 110 Å². The van der Waals surface area contributed by atoms with Crippen LogP contribution in [0.25, 0.3) is 11.1 Å². The average molecular weight is 283 g/mol. The fourth-order valence-corrected chi connectivity index (χ4v) is 1.82. The molecule has 0 unspecified atom stereocenters. The van der Waals surface area contributed by atoms with Crippen molar-refractivity contribution in [3.05, 3.63) is 59.2 Å². The van der Waals surface area contributed by atoms with Gasteiger partial charge in [-0.15, -0.1) is 0 Å². The first-order valence-corrected chi connectivity index (χ1v) is 5.40. The van der Waals surface area contributed by atoms with Gasteiger partial charge >= 0.3 is 6.18 Å². The fourth-order valence-electron chi connectivity index (χ4n) is 1.82. The minimum absolute atomic E-state index is 0.271. The summed E-state index contributed by atoms with van der Waals surface area (Å²) >= 11 is 0. The standard InChI is InChI=1S/C14H6F5N/c15-12-5-8(6-13(16)10(12)7-20)9-3-1-2-4-11(9)14(17,18)19/h1-6H. The normalized spacial score (nSPS) is 11.2. The SMILES string of the molecule is N#Cc1c(F)cc(-c2ccccc2C(F)(F)F)cc1F. The molecular formula is C14H6F5N. The fraction of sp³-hybridized carbons (Fsp3) is 0.0714. The molecule has 0 N–H and O–H groups in total. The van der Waals surface area contributed by atoms with Crippen LogP contribution in [0.2, 0.25) is 0 Å². The molecule has 0 saturated heterocycles. The molecule has 0 radical (unpaired) electrons. The number of nitriles is 1. The predicted molar refractivity (Wildman–Crippen MR) is 61.5 cm³/mol. The Kier molecular flexibility index (Phi) is 3.45. The number of benzene rings is 2. The molecule has 2 rings (SSSR count). The van der Waals surface area contributed by atoms with Crippen LogP contribution in [0.3, 0.4) is 0 Å². The molecule has 0 aliphatic heterocycles. The van der Waals surface area contributed by atoms with E-state index in [-0.39, 0.29) is 11.1 Å². The van der Waals surface area contributed by atoms with Crippen molar-refractivity contribution < 1.29 is 22.0 Å². The monoisotopic (exact) mass is 283 g/mol. The molecule has 0 heterocycles. The maximum Gasteiger partial charge on any atom is 0.417 e. The van der Waals surface area contributed by atoms with Crippen LogP contribution in [-0.4, -0.2) is 0 Å². The van der Waals surface area contributed by atoms with Gasteiger partial charge in [-0.3, -0.25) is 0 Å². The summed E-state index contributed by atoms with van der Waals surface area (Å²) in [6.45, 7) is 0. The highest BCUT2D eigenvalue weighted by molar-refractivity contribution is 5.69. The van der Waals surface area contributed by atoms with Gasteiger partial charge in [-0.05, 0) is 29.3 Å². The Balaban J connectivity index is 2.68. The Bertz CT molecular complexity index is 674. The third-order valence-electron chi connectivity index (χ3n) is 2.70. The average Bonchev–Trinajstić information content (AvgIpc) is 2.37. The molecule has 6 heteroatoms. The summed E-state index contributed by atoms with van der Waals surface area (Å²) in [6.07, 6.45) is -4.64. The predicted octanol–water partition coefficient (Wildman–Crippen LogP) is 4.52. The number of hydrogen-bond acceptors (Lipinski definition) is 1. The van der Waals surface area contributed by atoms with Gasteiger partial charge in [0.05, 0.1) is 5.56 Å². The van der Waals surface area contributed by atoms with E-state index in [4.69, 9.17) is 5.26 Å². The molecule has 0 aliphatic carbocycles. The van der Waals surface area contributed by atoms with Gasteiger partial charge in [-0.1, -0.05) is 18.2 Å².